The molecule has 2 aromatic carbocycles. The fourth-order valence-corrected chi connectivity index (χ4v) is 2.36. The van der Waals surface area contributed by atoms with Crippen molar-refractivity contribution in [1.29, 1.82) is 0 Å². The van der Waals surface area contributed by atoms with Crippen molar-refractivity contribution < 1.29 is 4.74 Å². The summed E-state index contributed by atoms with van der Waals surface area (Å²) in [7, 11) is 0. The molecule has 2 nitrogen and oxygen atoms in total. The van der Waals surface area contributed by atoms with Gasteiger partial charge in [0.15, 0.2) is 0 Å². The molecule has 0 aromatic heterocycles. The summed E-state index contributed by atoms with van der Waals surface area (Å²) in [5, 5.41) is 3.42. The molecule has 2 aromatic rings. The lowest BCUT2D eigenvalue weighted by molar-refractivity contribution is 0.306. The van der Waals surface area contributed by atoms with Gasteiger partial charge in [-0.05, 0) is 54.8 Å². The van der Waals surface area contributed by atoms with E-state index in [4.69, 9.17) is 4.74 Å². The summed E-state index contributed by atoms with van der Waals surface area (Å²) in [6.45, 7) is 6.81. The van der Waals surface area contributed by atoms with Gasteiger partial charge in [0.1, 0.15) is 12.4 Å². The molecular weight excluding hydrogens is 326 g/mol. The number of halogens is 1. The van der Waals surface area contributed by atoms with Crippen LogP contribution in [0.5, 0.6) is 5.75 Å². The summed E-state index contributed by atoms with van der Waals surface area (Å²) < 4.78 is 6.98. The first-order valence-electron chi connectivity index (χ1n) is 7.36. The summed E-state index contributed by atoms with van der Waals surface area (Å²) in [6, 6.07) is 14.6. The molecule has 21 heavy (non-hydrogen) atoms. The molecule has 2 rings (SSSR count). The van der Waals surface area contributed by atoms with Gasteiger partial charge in [-0.25, -0.2) is 0 Å². The summed E-state index contributed by atoms with van der Waals surface area (Å²) in [4.78, 5) is 0. The predicted octanol–water partition coefficient (Wildman–Crippen LogP) is 4.84. The number of rotatable bonds is 7. The molecule has 0 saturated carbocycles. The molecule has 0 fully saturated rings. The summed E-state index contributed by atoms with van der Waals surface area (Å²) in [5.74, 6) is 0.908. The Morgan fingerprint density at radius 2 is 1.90 bits per heavy atom. The molecule has 3 heteroatoms. The molecule has 1 N–H and O–H groups in total. The molecule has 0 spiro atoms. The van der Waals surface area contributed by atoms with Crippen LogP contribution in [0.4, 0.5) is 0 Å². The van der Waals surface area contributed by atoms with E-state index in [-0.39, 0.29) is 0 Å². The summed E-state index contributed by atoms with van der Waals surface area (Å²) >= 11 is 3.50. The van der Waals surface area contributed by atoms with Gasteiger partial charge in [0.05, 0.1) is 0 Å². The predicted molar refractivity (Wildman–Crippen MR) is 91.7 cm³/mol. The number of hydrogen-bond acceptors (Lipinski definition) is 2. The third kappa shape index (κ3) is 5.18. The number of nitrogens with one attached hydrogen (secondary N) is 1. The largest absolute Gasteiger partial charge is 0.489 e. The van der Waals surface area contributed by atoms with Crippen molar-refractivity contribution in [3.8, 4) is 5.75 Å². The van der Waals surface area contributed by atoms with E-state index in [2.05, 4.69) is 65.4 Å². The number of hydrogen-bond donors (Lipinski definition) is 1. The van der Waals surface area contributed by atoms with Gasteiger partial charge in [-0.1, -0.05) is 47.1 Å². The molecule has 0 aliphatic heterocycles. The minimum Gasteiger partial charge on any atom is -0.489 e. The number of ether oxygens (including phenoxy) is 1. The minimum absolute atomic E-state index is 0.600. The Hall–Kier alpha value is -1.32. The van der Waals surface area contributed by atoms with Gasteiger partial charge in [0, 0.05) is 11.0 Å². The van der Waals surface area contributed by atoms with Gasteiger partial charge >= 0.3 is 0 Å². The molecule has 112 valence electrons. The first kappa shape index (κ1) is 16.1. The van der Waals surface area contributed by atoms with Crippen molar-refractivity contribution in [2.45, 2.75) is 33.4 Å². The average molecular weight is 348 g/mol. The molecular formula is C18H22BrNO. The normalized spacial score (nSPS) is 10.6. The van der Waals surface area contributed by atoms with Crippen LogP contribution in [0.25, 0.3) is 0 Å². The second-order valence-electron chi connectivity index (χ2n) is 5.20. The van der Waals surface area contributed by atoms with Crippen LogP contribution >= 0.6 is 15.9 Å². The van der Waals surface area contributed by atoms with E-state index in [1.807, 2.05) is 12.1 Å². The van der Waals surface area contributed by atoms with Crippen molar-refractivity contribution in [3.05, 3.63) is 63.6 Å². The van der Waals surface area contributed by atoms with Crippen LogP contribution in [0.2, 0.25) is 0 Å². The fourth-order valence-electron chi connectivity index (χ4n) is 2.11. The first-order chi connectivity index (χ1) is 10.2. The zero-order valence-corrected chi connectivity index (χ0v) is 14.2. The highest BCUT2D eigenvalue weighted by molar-refractivity contribution is 9.10. The van der Waals surface area contributed by atoms with Gasteiger partial charge in [0.2, 0.25) is 0 Å². The maximum atomic E-state index is 5.87. The molecule has 0 saturated heterocycles. The third-order valence-electron chi connectivity index (χ3n) is 3.28. The summed E-state index contributed by atoms with van der Waals surface area (Å²) in [6.07, 6.45) is 1.16. The van der Waals surface area contributed by atoms with E-state index < -0.39 is 0 Å². The Morgan fingerprint density at radius 1 is 1.10 bits per heavy atom. The lowest BCUT2D eigenvalue weighted by Crippen LogP contribution is -2.13. The summed E-state index contributed by atoms with van der Waals surface area (Å²) in [5.41, 5.74) is 3.69. The molecule has 0 unspecified atom stereocenters. The van der Waals surface area contributed by atoms with E-state index in [0.717, 1.165) is 29.7 Å². The van der Waals surface area contributed by atoms with Gasteiger partial charge in [-0.2, -0.15) is 0 Å². The molecule has 0 atom stereocenters. The van der Waals surface area contributed by atoms with Crippen LogP contribution in [0.15, 0.2) is 46.9 Å². The third-order valence-corrected chi connectivity index (χ3v) is 4.17. The highest BCUT2D eigenvalue weighted by Gasteiger charge is 2.00. The maximum Gasteiger partial charge on any atom is 0.120 e. The topological polar surface area (TPSA) is 21.3 Å². The molecule has 0 aliphatic rings. The van der Waals surface area contributed by atoms with Crippen molar-refractivity contribution in [2.24, 2.45) is 0 Å². The van der Waals surface area contributed by atoms with Crippen LogP contribution in [-0.2, 0) is 13.2 Å². The van der Waals surface area contributed by atoms with E-state index in [1.54, 1.807) is 0 Å². The quantitative estimate of drug-likeness (QED) is 0.723. The lowest BCUT2D eigenvalue weighted by Gasteiger charge is -2.09. The van der Waals surface area contributed by atoms with Crippen molar-refractivity contribution >= 4 is 15.9 Å². The second-order valence-corrected chi connectivity index (χ2v) is 6.05. The molecule has 0 bridgehead atoms. The fraction of sp³-hybridized carbons (Fsp3) is 0.333. The molecule has 0 radical (unpaired) electrons. The SMILES string of the molecule is CCCNCc1cccc(COc2ccc(Br)c(C)c2)c1. The first-order valence-corrected chi connectivity index (χ1v) is 8.16. The van der Waals surface area contributed by atoms with Crippen molar-refractivity contribution in [3.63, 3.8) is 0 Å². The van der Waals surface area contributed by atoms with E-state index >= 15 is 0 Å². The Bertz CT molecular complexity index is 583. The lowest BCUT2D eigenvalue weighted by atomic mass is 10.1. The van der Waals surface area contributed by atoms with Crippen LogP contribution in [0, 0.1) is 6.92 Å². The van der Waals surface area contributed by atoms with Crippen LogP contribution < -0.4 is 10.1 Å². The van der Waals surface area contributed by atoms with Crippen LogP contribution in [0.1, 0.15) is 30.0 Å². The highest BCUT2D eigenvalue weighted by atomic mass is 79.9. The van der Waals surface area contributed by atoms with Crippen LogP contribution in [-0.4, -0.2) is 6.54 Å². The Balaban J connectivity index is 1.93. The Labute approximate surface area is 135 Å². The molecule has 0 amide bonds. The Kier molecular flexibility index (Phi) is 6.27. The zero-order valence-electron chi connectivity index (χ0n) is 12.7. The average Bonchev–Trinajstić information content (AvgIpc) is 2.49. The van der Waals surface area contributed by atoms with E-state index in [9.17, 15) is 0 Å². The smallest absolute Gasteiger partial charge is 0.120 e. The van der Waals surface area contributed by atoms with Gasteiger partial charge in [0.25, 0.3) is 0 Å². The highest BCUT2D eigenvalue weighted by Crippen LogP contribution is 2.22. The standard InChI is InChI=1S/C18H22BrNO/c1-3-9-20-12-15-5-4-6-16(11-15)13-21-17-7-8-18(19)14(2)10-17/h4-8,10-11,20H,3,9,12-13H2,1-2H3. The molecule has 0 aliphatic carbocycles. The van der Waals surface area contributed by atoms with Gasteiger partial charge in [-0.3, -0.25) is 0 Å². The number of benzene rings is 2. The van der Waals surface area contributed by atoms with Crippen molar-refractivity contribution in [1.82, 2.24) is 5.32 Å². The minimum atomic E-state index is 0.600. The Morgan fingerprint density at radius 3 is 2.67 bits per heavy atom. The number of aryl methyl sites for hydroxylation is 1. The van der Waals surface area contributed by atoms with Crippen LogP contribution in [0.3, 0.4) is 0 Å². The van der Waals surface area contributed by atoms with Gasteiger partial charge < -0.3 is 10.1 Å². The van der Waals surface area contributed by atoms with Crippen molar-refractivity contribution in [2.75, 3.05) is 6.54 Å². The van der Waals surface area contributed by atoms with Gasteiger partial charge in [-0.15, -0.1) is 0 Å². The zero-order chi connectivity index (χ0) is 15.1. The van der Waals surface area contributed by atoms with E-state index in [1.165, 1.54) is 16.7 Å². The second kappa shape index (κ2) is 8.20. The molecule has 0 heterocycles. The monoisotopic (exact) mass is 347 g/mol. The maximum absolute atomic E-state index is 5.87. The van der Waals surface area contributed by atoms with E-state index in [0.29, 0.717) is 6.61 Å².